The van der Waals surface area contributed by atoms with Gasteiger partial charge in [-0.2, -0.15) is 0 Å². The lowest BCUT2D eigenvalue weighted by molar-refractivity contribution is 1.14. The molecule has 0 aliphatic heterocycles. The van der Waals surface area contributed by atoms with Crippen LogP contribution >= 0.6 is 39.1 Å². The van der Waals surface area contributed by atoms with Gasteiger partial charge in [0.1, 0.15) is 0 Å². The molecule has 0 fully saturated rings. The maximum Gasteiger partial charge on any atom is 0.0441 e. The van der Waals surface area contributed by atoms with E-state index in [9.17, 15) is 0 Å². The van der Waals surface area contributed by atoms with E-state index in [1.54, 1.807) is 6.07 Å². The summed E-state index contributed by atoms with van der Waals surface area (Å²) < 4.78 is 1.12. The lowest BCUT2D eigenvalue weighted by Crippen LogP contribution is -1.99. The Labute approximate surface area is 125 Å². The van der Waals surface area contributed by atoms with Crippen molar-refractivity contribution in [1.82, 2.24) is 0 Å². The predicted molar refractivity (Wildman–Crippen MR) is 82.7 cm³/mol. The Balaban J connectivity index is 2.08. The summed E-state index contributed by atoms with van der Waals surface area (Å²) in [7, 11) is 0. The molecule has 4 heteroatoms. The van der Waals surface area contributed by atoms with Crippen molar-refractivity contribution in [3.05, 3.63) is 62.0 Å². The summed E-state index contributed by atoms with van der Waals surface area (Å²) >= 11 is 15.4. The highest BCUT2D eigenvalue weighted by molar-refractivity contribution is 9.10. The summed E-state index contributed by atoms with van der Waals surface area (Å²) in [5, 5.41) is 4.57. The molecular weight excluding hydrogens is 333 g/mol. The van der Waals surface area contributed by atoms with Gasteiger partial charge in [-0.3, -0.25) is 0 Å². The topological polar surface area (TPSA) is 12.0 Å². The van der Waals surface area contributed by atoms with Gasteiger partial charge in [0.2, 0.25) is 0 Å². The van der Waals surface area contributed by atoms with Gasteiger partial charge in [-0.25, -0.2) is 0 Å². The summed E-state index contributed by atoms with van der Waals surface area (Å²) in [6, 6.07) is 11.7. The lowest BCUT2D eigenvalue weighted by atomic mass is 10.1. The molecule has 18 heavy (non-hydrogen) atoms. The SMILES string of the molecule is Cc1ccc(CNc2cc(Cl)cc(Cl)c2)cc1Br. The first-order chi connectivity index (χ1) is 8.54. The van der Waals surface area contributed by atoms with Crippen molar-refractivity contribution in [1.29, 1.82) is 0 Å². The maximum absolute atomic E-state index is 5.95. The molecule has 1 nitrogen and oxygen atoms in total. The van der Waals surface area contributed by atoms with Crippen molar-refractivity contribution >= 4 is 44.8 Å². The second-order valence-corrected chi connectivity index (χ2v) is 5.82. The quantitative estimate of drug-likeness (QED) is 0.755. The average molecular weight is 345 g/mol. The largest absolute Gasteiger partial charge is 0.381 e. The number of anilines is 1. The van der Waals surface area contributed by atoms with Gasteiger partial charge in [0.05, 0.1) is 0 Å². The molecular formula is C14H12BrCl2N. The minimum Gasteiger partial charge on any atom is -0.381 e. The van der Waals surface area contributed by atoms with E-state index in [2.05, 4.69) is 46.4 Å². The van der Waals surface area contributed by atoms with Crippen molar-refractivity contribution in [3.8, 4) is 0 Å². The second kappa shape index (κ2) is 5.96. The van der Waals surface area contributed by atoms with E-state index < -0.39 is 0 Å². The highest BCUT2D eigenvalue weighted by atomic mass is 79.9. The van der Waals surface area contributed by atoms with E-state index in [1.807, 2.05) is 12.1 Å². The van der Waals surface area contributed by atoms with Crippen LogP contribution in [0.3, 0.4) is 0 Å². The van der Waals surface area contributed by atoms with E-state index in [1.165, 1.54) is 11.1 Å². The molecule has 2 aromatic carbocycles. The van der Waals surface area contributed by atoms with Crippen molar-refractivity contribution in [3.63, 3.8) is 0 Å². The molecule has 94 valence electrons. The fourth-order valence-corrected chi connectivity index (χ4v) is 2.56. The molecule has 0 radical (unpaired) electrons. The molecule has 0 spiro atoms. The van der Waals surface area contributed by atoms with Crippen molar-refractivity contribution < 1.29 is 0 Å². The van der Waals surface area contributed by atoms with Gasteiger partial charge >= 0.3 is 0 Å². The van der Waals surface area contributed by atoms with E-state index in [-0.39, 0.29) is 0 Å². The van der Waals surface area contributed by atoms with Crippen LogP contribution < -0.4 is 5.32 Å². The minimum absolute atomic E-state index is 0.634. The summed E-state index contributed by atoms with van der Waals surface area (Å²) in [4.78, 5) is 0. The van der Waals surface area contributed by atoms with Crippen LogP contribution in [0.15, 0.2) is 40.9 Å². The normalized spacial score (nSPS) is 10.4. The first-order valence-electron chi connectivity index (χ1n) is 5.49. The van der Waals surface area contributed by atoms with Crippen LogP contribution in [0, 0.1) is 6.92 Å². The third kappa shape index (κ3) is 3.64. The fraction of sp³-hybridized carbons (Fsp3) is 0.143. The summed E-state index contributed by atoms with van der Waals surface area (Å²) in [6.07, 6.45) is 0. The molecule has 2 rings (SSSR count). The zero-order valence-corrected chi connectivity index (χ0v) is 12.9. The van der Waals surface area contributed by atoms with Gasteiger partial charge < -0.3 is 5.32 Å². The molecule has 0 aromatic heterocycles. The zero-order valence-electron chi connectivity index (χ0n) is 9.81. The number of aryl methyl sites for hydroxylation is 1. The third-order valence-corrected chi connectivity index (χ3v) is 3.89. The first kappa shape index (κ1) is 13.7. The summed E-state index contributed by atoms with van der Waals surface area (Å²) in [6.45, 7) is 2.80. The number of nitrogens with one attached hydrogen (secondary N) is 1. The molecule has 1 N–H and O–H groups in total. The molecule has 0 aliphatic rings. The van der Waals surface area contributed by atoms with Gasteiger partial charge in [0.15, 0.2) is 0 Å². The Morgan fingerprint density at radius 2 is 1.72 bits per heavy atom. The number of rotatable bonds is 3. The van der Waals surface area contributed by atoms with Gasteiger partial charge in [-0.05, 0) is 42.3 Å². The minimum atomic E-state index is 0.634. The second-order valence-electron chi connectivity index (χ2n) is 4.10. The molecule has 0 amide bonds. The lowest BCUT2D eigenvalue weighted by Gasteiger charge is -2.09. The van der Waals surface area contributed by atoms with Crippen LogP contribution in [0.25, 0.3) is 0 Å². The Morgan fingerprint density at radius 3 is 2.33 bits per heavy atom. The molecule has 0 saturated carbocycles. The predicted octanol–water partition coefficient (Wildman–Crippen LogP) is 5.68. The van der Waals surface area contributed by atoms with Crippen LogP contribution in [0.1, 0.15) is 11.1 Å². The summed E-state index contributed by atoms with van der Waals surface area (Å²) in [5.74, 6) is 0. The van der Waals surface area contributed by atoms with Crippen LogP contribution in [0.2, 0.25) is 10.0 Å². The smallest absolute Gasteiger partial charge is 0.0441 e. The van der Waals surface area contributed by atoms with Gasteiger partial charge in [0, 0.05) is 26.8 Å². The van der Waals surface area contributed by atoms with Crippen molar-refractivity contribution in [2.75, 3.05) is 5.32 Å². The monoisotopic (exact) mass is 343 g/mol. The van der Waals surface area contributed by atoms with Crippen molar-refractivity contribution in [2.45, 2.75) is 13.5 Å². The molecule has 0 saturated heterocycles. The average Bonchev–Trinajstić information content (AvgIpc) is 2.29. The van der Waals surface area contributed by atoms with E-state index in [4.69, 9.17) is 23.2 Å². The van der Waals surface area contributed by atoms with Crippen LogP contribution in [0.5, 0.6) is 0 Å². The Bertz CT molecular complexity index is 549. The molecule has 0 heterocycles. The van der Waals surface area contributed by atoms with Gasteiger partial charge in [0.25, 0.3) is 0 Å². The standard InChI is InChI=1S/C14H12BrCl2N/c1-9-2-3-10(4-14(9)15)8-18-13-6-11(16)5-12(17)7-13/h2-7,18H,8H2,1H3. The Morgan fingerprint density at radius 1 is 1.06 bits per heavy atom. The zero-order chi connectivity index (χ0) is 13.1. The highest BCUT2D eigenvalue weighted by Gasteiger charge is 2.00. The van der Waals surface area contributed by atoms with Gasteiger partial charge in [-0.1, -0.05) is 51.3 Å². The molecule has 2 aromatic rings. The maximum atomic E-state index is 5.95. The van der Waals surface area contributed by atoms with E-state index >= 15 is 0 Å². The molecule has 0 unspecified atom stereocenters. The molecule has 0 aliphatic carbocycles. The molecule has 0 bridgehead atoms. The van der Waals surface area contributed by atoms with Crippen molar-refractivity contribution in [2.24, 2.45) is 0 Å². The van der Waals surface area contributed by atoms with E-state index in [0.29, 0.717) is 10.0 Å². The first-order valence-corrected chi connectivity index (χ1v) is 7.04. The highest BCUT2D eigenvalue weighted by Crippen LogP contribution is 2.23. The Hall–Kier alpha value is -0.700. The van der Waals surface area contributed by atoms with Crippen LogP contribution in [-0.4, -0.2) is 0 Å². The van der Waals surface area contributed by atoms with E-state index in [0.717, 1.165) is 16.7 Å². The third-order valence-electron chi connectivity index (χ3n) is 2.60. The number of hydrogen-bond acceptors (Lipinski definition) is 1. The number of benzene rings is 2. The Kier molecular flexibility index (Phi) is 4.55. The van der Waals surface area contributed by atoms with Crippen LogP contribution in [0.4, 0.5) is 5.69 Å². The summed E-state index contributed by atoms with van der Waals surface area (Å²) in [5.41, 5.74) is 3.34. The van der Waals surface area contributed by atoms with Crippen LogP contribution in [-0.2, 0) is 6.54 Å². The number of halogens is 3. The number of hydrogen-bond donors (Lipinski definition) is 1. The van der Waals surface area contributed by atoms with Gasteiger partial charge in [-0.15, -0.1) is 0 Å². The fourth-order valence-electron chi connectivity index (χ4n) is 1.61. The molecule has 0 atom stereocenters.